The average molecular weight is 669 g/mol. The summed E-state index contributed by atoms with van der Waals surface area (Å²) in [6.07, 6.45) is 14.6. The van der Waals surface area contributed by atoms with Gasteiger partial charge >= 0.3 is 17.9 Å². The molecule has 0 saturated heterocycles. The Bertz CT molecular complexity index is 1270. The molecule has 0 aromatic rings. The lowest BCUT2D eigenvalue weighted by molar-refractivity contribution is -0.251. The lowest BCUT2D eigenvalue weighted by Crippen LogP contribution is -2.67. The maximum Gasteiger partial charge on any atom is 0.312 e. The second-order valence-corrected chi connectivity index (χ2v) is 19.2. The number of fused-ring (bicyclic) bond motifs is 7. The van der Waals surface area contributed by atoms with E-state index in [2.05, 4.69) is 55.0 Å². The highest BCUT2D eigenvalue weighted by molar-refractivity contribution is 5.81. The van der Waals surface area contributed by atoms with E-state index in [0.717, 1.165) is 70.6 Å². The fourth-order valence-corrected chi connectivity index (χ4v) is 13.2. The molecule has 0 heterocycles. The maximum atomic E-state index is 14.2. The van der Waals surface area contributed by atoms with Gasteiger partial charge in [0.2, 0.25) is 0 Å². The van der Waals surface area contributed by atoms with E-state index in [0.29, 0.717) is 36.2 Å². The molecular formula is C42H68O6. The van der Waals surface area contributed by atoms with Gasteiger partial charge in [-0.25, -0.2) is 0 Å². The number of carboxylic acids is 1. The molecule has 1 N–H and O–H groups in total. The third-order valence-corrected chi connectivity index (χ3v) is 16.1. The van der Waals surface area contributed by atoms with Crippen molar-refractivity contribution >= 4 is 17.9 Å². The van der Waals surface area contributed by atoms with E-state index in [4.69, 9.17) is 9.47 Å². The minimum absolute atomic E-state index is 0.0825. The van der Waals surface area contributed by atoms with Crippen LogP contribution >= 0.6 is 0 Å². The first kappa shape index (κ1) is 37.4. The van der Waals surface area contributed by atoms with Crippen molar-refractivity contribution in [2.24, 2.45) is 62.1 Å². The van der Waals surface area contributed by atoms with E-state index in [1.807, 2.05) is 0 Å². The van der Waals surface area contributed by atoms with E-state index >= 15 is 0 Å². The molecule has 5 saturated carbocycles. The van der Waals surface area contributed by atoms with Crippen LogP contribution in [-0.4, -0.2) is 35.7 Å². The van der Waals surface area contributed by atoms with Crippen LogP contribution in [0.25, 0.3) is 0 Å². The summed E-state index contributed by atoms with van der Waals surface area (Å²) in [5.41, 5.74) is -0.0558. The van der Waals surface area contributed by atoms with Crippen LogP contribution in [0.2, 0.25) is 0 Å². The molecule has 0 unspecified atom stereocenters. The van der Waals surface area contributed by atoms with Crippen molar-refractivity contribution in [2.75, 3.05) is 6.61 Å². The Morgan fingerprint density at radius 2 is 1.54 bits per heavy atom. The second-order valence-electron chi connectivity index (χ2n) is 19.2. The van der Waals surface area contributed by atoms with Crippen LogP contribution in [0.3, 0.4) is 0 Å². The zero-order chi connectivity index (χ0) is 35.5. The van der Waals surface area contributed by atoms with E-state index in [1.165, 1.54) is 24.8 Å². The Balaban J connectivity index is 1.38. The number of esters is 2. The van der Waals surface area contributed by atoms with Gasteiger partial charge in [0.25, 0.3) is 0 Å². The highest BCUT2D eigenvalue weighted by Crippen LogP contribution is 2.77. The number of allylic oxidation sites excluding steroid dienone is 1. The second kappa shape index (κ2) is 13.0. The van der Waals surface area contributed by atoms with Gasteiger partial charge < -0.3 is 14.6 Å². The van der Waals surface area contributed by atoms with Gasteiger partial charge in [0, 0.05) is 5.41 Å². The van der Waals surface area contributed by atoms with Crippen molar-refractivity contribution in [2.45, 2.75) is 165 Å². The van der Waals surface area contributed by atoms with Crippen LogP contribution in [0, 0.1) is 62.1 Å². The SMILES string of the molecule is C=C(C)[C@@H]1CC[C@]2(C(=O)OCCCCCC)CC[C@]3(C)[C@H](CC[C@@H]4[C@@]5(C)CC[C@H](OC(=O)CC(C)(C)C(=O)O)C(C)(C)[C@@H]5CC[C@]43C)[C@@H]12. The smallest absolute Gasteiger partial charge is 0.312 e. The van der Waals surface area contributed by atoms with Gasteiger partial charge in [-0.1, -0.05) is 73.0 Å². The van der Waals surface area contributed by atoms with Crippen molar-refractivity contribution in [3.05, 3.63) is 12.2 Å². The number of rotatable bonds is 11. The fourth-order valence-electron chi connectivity index (χ4n) is 13.2. The molecule has 5 aliphatic carbocycles. The van der Waals surface area contributed by atoms with Gasteiger partial charge in [-0.05, 0) is 137 Å². The van der Waals surface area contributed by atoms with Crippen LogP contribution in [0.4, 0.5) is 0 Å². The van der Waals surface area contributed by atoms with E-state index in [-0.39, 0.29) is 45.6 Å². The molecule has 6 heteroatoms. The predicted octanol–water partition coefficient (Wildman–Crippen LogP) is 10.2. The summed E-state index contributed by atoms with van der Waals surface area (Å²) < 4.78 is 12.3. The third-order valence-electron chi connectivity index (χ3n) is 16.1. The maximum absolute atomic E-state index is 14.2. The largest absolute Gasteiger partial charge is 0.481 e. The van der Waals surface area contributed by atoms with E-state index in [1.54, 1.807) is 13.8 Å². The molecular weight excluding hydrogens is 600 g/mol. The summed E-state index contributed by atoms with van der Waals surface area (Å²) in [5.74, 6) is 0.859. The molecule has 272 valence electrons. The number of carboxylic acid groups (broad SMARTS) is 1. The van der Waals surface area contributed by atoms with Gasteiger partial charge in [0.05, 0.1) is 23.9 Å². The normalized spacial score (nSPS) is 41.6. The van der Waals surface area contributed by atoms with Crippen molar-refractivity contribution < 1.29 is 29.0 Å². The molecule has 0 radical (unpaired) electrons. The van der Waals surface area contributed by atoms with Gasteiger partial charge in [0.15, 0.2) is 0 Å². The number of carbonyl (C=O) groups is 3. The fraction of sp³-hybridized carbons (Fsp3) is 0.881. The first-order valence-electron chi connectivity index (χ1n) is 19.6. The standard InChI is InChI=1S/C42H68O6/c1-11-12-13-14-25-47-36(46)42-22-17-28(27(2)3)34(42)29-15-16-31-39(8)20-19-32(48-33(43)26-37(4,5)35(44)45)38(6,7)30(39)18-21-41(31,10)40(29,9)23-24-42/h28-32,34H,2,11-26H2,1,3-10H3,(H,44,45)/t28-,29+,30-,31+,32-,34+,39-,40+,41+,42-/m0/s1. The summed E-state index contributed by atoms with van der Waals surface area (Å²) >= 11 is 0. The van der Waals surface area contributed by atoms with Crippen LogP contribution < -0.4 is 0 Å². The quantitative estimate of drug-likeness (QED) is 0.134. The van der Waals surface area contributed by atoms with Crippen molar-refractivity contribution in [1.82, 2.24) is 0 Å². The number of carbonyl (C=O) groups excluding carboxylic acids is 2. The molecule has 5 aliphatic rings. The van der Waals surface area contributed by atoms with Gasteiger partial charge in [0.1, 0.15) is 6.10 Å². The molecule has 6 nitrogen and oxygen atoms in total. The zero-order valence-electron chi connectivity index (χ0n) is 32.0. The van der Waals surface area contributed by atoms with Crippen molar-refractivity contribution in [3.8, 4) is 0 Å². The number of hydrogen-bond donors (Lipinski definition) is 1. The minimum atomic E-state index is -1.14. The Hall–Kier alpha value is -1.85. The van der Waals surface area contributed by atoms with Crippen LogP contribution in [0.1, 0.15) is 159 Å². The van der Waals surface area contributed by atoms with Crippen LogP contribution in [0.15, 0.2) is 12.2 Å². The Morgan fingerprint density at radius 3 is 2.19 bits per heavy atom. The highest BCUT2D eigenvalue weighted by atomic mass is 16.5. The molecule has 0 aromatic heterocycles. The monoisotopic (exact) mass is 669 g/mol. The Labute approximate surface area is 291 Å². The third kappa shape index (κ3) is 5.79. The molecule has 0 spiro atoms. The molecule has 10 atom stereocenters. The number of aliphatic carboxylic acids is 1. The van der Waals surface area contributed by atoms with Crippen LogP contribution in [-0.2, 0) is 23.9 Å². The Kier molecular flexibility index (Phi) is 10.2. The van der Waals surface area contributed by atoms with E-state index in [9.17, 15) is 19.5 Å². The Morgan fingerprint density at radius 1 is 0.833 bits per heavy atom. The minimum Gasteiger partial charge on any atom is -0.481 e. The van der Waals surface area contributed by atoms with Crippen molar-refractivity contribution in [3.63, 3.8) is 0 Å². The zero-order valence-corrected chi connectivity index (χ0v) is 32.0. The van der Waals surface area contributed by atoms with Gasteiger partial charge in [-0.2, -0.15) is 0 Å². The van der Waals surface area contributed by atoms with E-state index < -0.39 is 17.4 Å². The average Bonchev–Trinajstić information content (AvgIpc) is 3.40. The molecule has 0 amide bonds. The first-order valence-corrected chi connectivity index (χ1v) is 19.6. The lowest BCUT2D eigenvalue weighted by Gasteiger charge is -2.72. The van der Waals surface area contributed by atoms with Gasteiger partial charge in [-0.15, -0.1) is 0 Å². The number of ether oxygens (including phenoxy) is 2. The summed E-state index contributed by atoms with van der Waals surface area (Å²) in [5, 5.41) is 9.58. The molecule has 0 bridgehead atoms. The summed E-state index contributed by atoms with van der Waals surface area (Å²) in [4.78, 5) is 38.9. The first-order chi connectivity index (χ1) is 22.3. The predicted molar refractivity (Wildman–Crippen MR) is 190 cm³/mol. The topological polar surface area (TPSA) is 89.9 Å². The molecule has 0 aromatic carbocycles. The molecule has 5 rings (SSSR count). The highest BCUT2D eigenvalue weighted by Gasteiger charge is 2.72. The summed E-state index contributed by atoms with van der Waals surface area (Å²) in [6, 6.07) is 0. The molecule has 48 heavy (non-hydrogen) atoms. The number of hydrogen-bond acceptors (Lipinski definition) is 5. The molecule has 5 fully saturated rings. The number of unbranched alkanes of at least 4 members (excludes halogenated alkanes) is 3. The molecule has 0 aliphatic heterocycles. The van der Waals surface area contributed by atoms with Crippen molar-refractivity contribution in [1.29, 1.82) is 0 Å². The van der Waals surface area contributed by atoms with Gasteiger partial charge in [-0.3, -0.25) is 14.4 Å². The summed E-state index contributed by atoms with van der Waals surface area (Å²) in [7, 11) is 0. The summed E-state index contributed by atoms with van der Waals surface area (Å²) in [6.45, 7) is 25.0. The van der Waals surface area contributed by atoms with Crippen LogP contribution in [0.5, 0.6) is 0 Å². The lowest BCUT2D eigenvalue weighted by atomic mass is 9.32.